The van der Waals surface area contributed by atoms with Crippen molar-refractivity contribution in [1.82, 2.24) is 0 Å². The van der Waals surface area contributed by atoms with Crippen molar-refractivity contribution in [2.24, 2.45) is 17.8 Å². The summed E-state index contributed by atoms with van der Waals surface area (Å²) in [5.41, 5.74) is 14.8. The number of hydrogen-bond donors (Lipinski definition) is 0. The molecule has 2 unspecified atom stereocenters. The molecule has 0 heterocycles. The van der Waals surface area contributed by atoms with Crippen LogP contribution in [-0.2, 0) is 12.8 Å². The highest BCUT2D eigenvalue weighted by Crippen LogP contribution is 2.42. The highest BCUT2D eigenvalue weighted by molar-refractivity contribution is 5.80. The van der Waals surface area contributed by atoms with E-state index in [-0.39, 0.29) is 0 Å². The average Bonchev–Trinajstić information content (AvgIpc) is 3.29. The second-order valence-electron chi connectivity index (χ2n) is 12.7. The zero-order valence-electron chi connectivity index (χ0n) is 25.1. The monoisotopic (exact) mass is 508 g/mol. The Bertz CT molecular complexity index is 1170. The standard InChI is InChI=1S/C38H52/c1-8-13-26(3)20-34(28(5)14-9-2)23-31-22-33-17-12-18-35(37(33)24-31)38-21-27(4)19-30(7)36(38)25-32-16-11-10-15-29(32)6/h12,17-19,21-22,29,32,34H,3,5,8-11,13-16,20,23-25H2,1-2,4,6-7H3/t29-,32?,34?/m0/s1. The maximum absolute atomic E-state index is 4.54. The molecule has 1 fully saturated rings. The molecule has 2 aromatic rings. The Hall–Kier alpha value is -2.34. The first kappa shape index (κ1) is 28.7. The molecule has 0 spiro atoms. The predicted octanol–water partition coefficient (Wildman–Crippen LogP) is 11.4. The Labute approximate surface area is 234 Å². The van der Waals surface area contributed by atoms with Gasteiger partial charge in [-0.05, 0) is 110 Å². The lowest BCUT2D eigenvalue weighted by molar-refractivity contribution is 0.254. The van der Waals surface area contributed by atoms with Crippen molar-refractivity contribution < 1.29 is 0 Å². The van der Waals surface area contributed by atoms with Gasteiger partial charge in [-0.15, -0.1) is 0 Å². The smallest absolute Gasteiger partial charge is 0.00514 e. The number of fused-ring (bicyclic) bond motifs is 1. The SMILES string of the molecule is C=C(CCC)CC(CC1=Cc2cccc(-c3cc(C)cc(C)c3CC3CCCC[C@@H]3C)c2C1)C(=C)CCC. The third-order valence-electron chi connectivity index (χ3n) is 9.43. The predicted molar refractivity (Wildman–Crippen MR) is 169 cm³/mol. The van der Waals surface area contributed by atoms with Crippen LogP contribution >= 0.6 is 0 Å². The largest absolute Gasteiger partial charge is 0.0998 e. The van der Waals surface area contributed by atoms with Crippen LogP contribution in [0.3, 0.4) is 0 Å². The Balaban J connectivity index is 1.61. The summed E-state index contributed by atoms with van der Waals surface area (Å²) in [7, 11) is 0. The first-order chi connectivity index (χ1) is 18.3. The molecule has 0 bridgehead atoms. The Morgan fingerprint density at radius 2 is 1.74 bits per heavy atom. The lowest BCUT2D eigenvalue weighted by atomic mass is 9.75. The summed E-state index contributed by atoms with van der Waals surface area (Å²) >= 11 is 0. The molecular weight excluding hydrogens is 456 g/mol. The fourth-order valence-corrected chi connectivity index (χ4v) is 7.29. The van der Waals surface area contributed by atoms with Crippen LogP contribution in [0.15, 0.2) is 60.2 Å². The molecule has 4 rings (SSSR count). The van der Waals surface area contributed by atoms with E-state index in [0.717, 1.165) is 43.9 Å². The number of rotatable bonds is 12. The first-order valence-corrected chi connectivity index (χ1v) is 15.6. The van der Waals surface area contributed by atoms with Gasteiger partial charge in [0.05, 0.1) is 0 Å². The molecule has 1 saturated carbocycles. The molecule has 38 heavy (non-hydrogen) atoms. The fraction of sp³-hybridized carbons (Fsp3) is 0.526. The van der Waals surface area contributed by atoms with E-state index >= 15 is 0 Å². The quantitative estimate of drug-likeness (QED) is 0.250. The zero-order valence-corrected chi connectivity index (χ0v) is 25.1. The summed E-state index contributed by atoms with van der Waals surface area (Å²) in [6, 6.07) is 11.9. The molecule has 0 N–H and O–H groups in total. The number of benzene rings is 2. The van der Waals surface area contributed by atoms with Gasteiger partial charge in [-0.3, -0.25) is 0 Å². The average molecular weight is 509 g/mol. The van der Waals surface area contributed by atoms with E-state index in [9.17, 15) is 0 Å². The van der Waals surface area contributed by atoms with Crippen molar-refractivity contribution in [3.05, 3.63) is 88.0 Å². The molecule has 0 saturated heterocycles. The lowest BCUT2D eigenvalue weighted by Gasteiger charge is -2.30. The van der Waals surface area contributed by atoms with E-state index < -0.39 is 0 Å². The van der Waals surface area contributed by atoms with Gasteiger partial charge in [-0.2, -0.15) is 0 Å². The van der Waals surface area contributed by atoms with E-state index in [4.69, 9.17) is 0 Å². The highest BCUT2D eigenvalue weighted by atomic mass is 14.3. The molecule has 0 nitrogen and oxygen atoms in total. The topological polar surface area (TPSA) is 0 Å². The lowest BCUT2D eigenvalue weighted by Crippen LogP contribution is -2.19. The van der Waals surface area contributed by atoms with Crippen LogP contribution in [0.25, 0.3) is 17.2 Å². The van der Waals surface area contributed by atoms with Crippen molar-refractivity contribution in [1.29, 1.82) is 0 Å². The van der Waals surface area contributed by atoms with Gasteiger partial charge >= 0.3 is 0 Å². The molecule has 3 atom stereocenters. The molecule has 204 valence electrons. The van der Waals surface area contributed by atoms with Gasteiger partial charge in [-0.25, -0.2) is 0 Å². The van der Waals surface area contributed by atoms with Crippen molar-refractivity contribution in [2.75, 3.05) is 0 Å². The number of hydrogen-bond acceptors (Lipinski definition) is 0. The van der Waals surface area contributed by atoms with Crippen molar-refractivity contribution in [3.8, 4) is 11.1 Å². The molecule has 2 aromatic carbocycles. The van der Waals surface area contributed by atoms with Gasteiger partial charge in [0, 0.05) is 0 Å². The minimum Gasteiger partial charge on any atom is -0.0998 e. The van der Waals surface area contributed by atoms with E-state index in [1.807, 2.05) is 0 Å². The normalized spacial score (nSPS) is 19.7. The minimum atomic E-state index is 0.516. The molecule has 2 aliphatic carbocycles. The van der Waals surface area contributed by atoms with Gasteiger partial charge in [-0.1, -0.05) is 125 Å². The Morgan fingerprint density at radius 1 is 0.974 bits per heavy atom. The second-order valence-corrected chi connectivity index (χ2v) is 12.7. The van der Waals surface area contributed by atoms with Crippen LogP contribution in [0.5, 0.6) is 0 Å². The number of aryl methyl sites for hydroxylation is 2. The van der Waals surface area contributed by atoms with Crippen LogP contribution < -0.4 is 0 Å². The molecule has 0 radical (unpaired) electrons. The maximum Gasteiger partial charge on any atom is -0.00514 e. The van der Waals surface area contributed by atoms with Crippen LogP contribution in [0.2, 0.25) is 0 Å². The van der Waals surface area contributed by atoms with Gasteiger partial charge in [0.15, 0.2) is 0 Å². The highest BCUT2D eigenvalue weighted by Gasteiger charge is 2.26. The summed E-state index contributed by atoms with van der Waals surface area (Å²) in [6.45, 7) is 20.6. The Morgan fingerprint density at radius 3 is 2.47 bits per heavy atom. The van der Waals surface area contributed by atoms with Crippen LogP contribution in [0, 0.1) is 31.6 Å². The van der Waals surface area contributed by atoms with Crippen LogP contribution in [0.1, 0.15) is 113 Å². The summed E-state index contributed by atoms with van der Waals surface area (Å²) in [4.78, 5) is 0. The summed E-state index contributed by atoms with van der Waals surface area (Å²) in [5.74, 6) is 2.17. The van der Waals surface area contributed by atoms with E-state index in [2.05, 4.69) is 84.2 Å². The second kappa shape index (κ2) is 13.1. The third-order valence-corrected chi connectivity index (χ3v) is 9.43. The van der Waals surface area contributed by atoms with Crippen LogP contribution in [0.4, 0.5) is 0 Å². The van der Waals surface area contributed by atoms with E-state index in [1.54, 1.807) is 11.1 Å². The Kier molecular flexibility index (Phi) is 9.91. The molecular formula is C38H52. The molecule has 0 aromatic heterocycles. The molecule has 0 amide bonds. The van der Waals surface area contributed by atoms with Gasteiger partial charge in [0.1, 0.15) is 0 Å². The summed E-state index contributed by atoms with van der Waals surface area (Å²) in [6.07, 6.45) is 17.2. The van der Waals surface area contributed by atoms with Crippen molar-refractivity contribution in [2.45, 2.75) is 112 Å². The molecule has 0 heteroatoms. The third kappa shape index (κ3) is 6.80. The first-order valence-electron chi connectivity index (χ1n) is 15.6. The molecule has 0 aliphatic heterocycles. The zero-order chi connectivity index (χ0) is 27.2. The maximum atomic E-state index is 4.54. The van der Waals surface area contributed by atoms with Crippen molar-refractivity contribution >= 4 is 6.08 Å². The van der Waals surface area contributed by atoms with E-state index in [1.165, 1.54) is 89.5 Å². The van der Waals surface area contributed by atoms with E-state index in [0.29, 0.717) is 5.92 Å². The van der Waals surface area contributed by atoms with Gasteiger partial charge in [0.2, 0.25) is 0 Å². The van der Waals surface area contributed by atoms with Crippen molar-refractivity contribution in [3.63, 3.8) is 0 Å². The number of allylic oxidation sites excluding steroid dienone is 3. The summed E-state index contributed by atoms with van der Waals surface area (Å²) in [5, 5.41) is 0. The minimum absolute atomic E-state index is 0.516. The van der Waals surface area contributed by atoms with Gasteiger partial charge < -0.3 is 0 Å². The van der Waals surface area contributed by atoms with Crippen LogP contribution in [-0.4, -0.2) is 0 Å². The molecule has 2 aliphatic rings. The van der Waals surface area contributed by atoms with Gasteiger partial charge in [0.25, 0.3) is 0 Å². The fourth-order valence-electron chi connectivity index (χ4n) is 7.29. The summed E-state index contributed by atoms with van der Waals surface area (Å²) < 4.78 is 0.